The van der Waals surface area contributed by atoms with Gasteiger partial charge in [0.15, 0.2) is 0 Å². The Labute approximate surface area is 119 Å². The third-order valence-electron chi connectivity index (χ3n) is 3.07. The molecule has 0 saturated heterocycles. The Morgan fingerprint density at radius 2 is 1.95 bits per heavy atom. The Hall–Kier alpha value is -1.46. The van der Waals surface area contributed by atoms with Crippen LogP contribution in [0.15, 0.2) is 24.3 Å². The zero-order valence-corrected chi connectivity index (χ0v) is 12.0. The summed E-state index contributed by atoms with van der Waals surface area (Å²) >= 11 is 0. The lowest BCUT2D eigenvalue weighted by molar-refractivity contribution is -0.122. The van der Waals surface area contributed by atoms with Gasteiger partial charge in [-0.1, -0.05) is 12.1 Å². The molecule has 0 aliphatic rings. The van der Waals surface area contributed by atoms with Gasteiger partial charge >= 0.3 is 0 Å². The molecule has 0 spiro atoms. The molecule has 4 N–H and O–H groups in total. The predicted molar refractivity (Wildman–Crippen MR) is 76.5 cm³/mol. The molecule has 3 atom stereocenters. The molecule has 20 heavy (non-hydrogen) atoms. The number of nitrogens with two attached hydrogens (primary N) is 1. The zero-order valence-electron chi connectivity index (χ0n) is 12.0. The Morgan fingerprint density at radius 1 is 1.35 bits per heavy atom. The highest BCUT2D eigenvalue weighted by Gasteiger charge is 2.14. The number of amides is 1. The Morgan fingerprint density at radius 3 is 2.50 bits per heavy atom. The lowest BCUT2D eigenvalue weighted by Gasteiger charge is -2.18. The van der Waals surface area contributed by atoms with Gasteiger partial charge in [-0.15, -0.1) is 0 Å². The highest BCUT2D eigenvalue weighted by Crippen LogP contribution is 2.18. The first-order valence-corrected chi connectivity index (χ1v) is 6.87. The quantitative estimate of drug-likeness (QED) is 0.715. The Bertz CT molecular complexity index is 420. The van der Waals surface area contributed by atoms with E-state index in [1.165, 1.54) is 12.1 Å². The van der Waals surface area contributed by atoms with Crippen molar-refractivity contribution in [2.24, 2.45) is 5.73 Å². The fourth-order valence-corrected chi connectivity index (χ4v) is 1.92. The zero-order chi connectivity index (χ0) is 15.1. The molecule has 1 aromatic rings. The van der Waals surface area contributed by atoms with Crippen molar-refractivity contribution in [2.75, 3.05) is 0 Å². The van der Waals surface area contributed by atoms with Gasteiger partial charge < -0.3 is 16.2 Å². The molecule has 0 aromatic heterocycles. The van der Waals surface area contributed by atoms with Crippen LogP contribution in [0.1, 0.15) is 44.8 Å². The van der Waals surface area contributed by atoms with Gasteiger partial charge in [-0.05, 0) is 44.4 Å². The van der Waals surface area contributed by atoms with Gasteiger partial charge in [-0.25, -0.2) is 4.39 Å². The summed E-state index contributed by atoms with van der Waals surface area (Å²) in [6.45, 7) is 3.69. The van der Waals surface area contributed by atoms with Crippen LogP contribution >= 0.6 is 0 Å². The third-order valence-corrected chi connectivity index (χ3v) is 3.07. The van der Waals surface area contributed by atoms with Crippen LogP contribution in [0.2, 0.25) is 0 Å². The molecular weight excluding hydrogens is 259 g/mol. The summed E-state index contributed by atoms with van der Waals surface area (Å²) in [5.74, 6) is -0.403. The summed E-state index contributed by atoms with van der Waals surface area (Å²) in [4.78, 5) is 11.6. The summed E-state index contributed by atoms with van der Waals surface area (Å²) in [5.41, 5.74) is 6.23. The van der Waals surface area contributed by atoms with Crippen molar-refractivity contribution in [1.82, 2.24) is 5.32 Å². The second-order valence-corrected chi connectivity index (χ2v) is 5.29. The van der Waals surface area contributed by atoms with Crippen LogP contribution in [0.3, 0.4) is 0 Å². The van der Waals surface area contributed by atoms with Crippen molar-refractivity contribution in [1.29, 1.82) is 0 Å². The average Bonchev–Trinajstić information content (AvgIpc) is 2.36. The second-order valence-electron chi connectivity index (χ2n) is 5.29. The molecule has 1 rings (SSSR count). The summed E-state index contributed by atoms with van der Waals surface area (Å²) in [6.07, 6.45) is 0.683. The topological polar surface area (TPSA) is 75.4 Å². The van der Waals surface area contributed by atoms with Crippen LogP contribution in [0, 0.1) is 5.82 Å². The summed E-state index contributed by atoms with van der Waals surface area (Å²) in [5, 5.41) is 12.8. The number of hydrogen-bond acceptors (Lipinski definition) is 3. The fraction of sp³-hybridized carbons (Fsp3) is 0.533. The van der Waals surface area contributed by atoms with E-state index in [9.17, 15) is 14.3 Å². The number of nitrogens with one attached hydrogen (secondary N) is 1. The van der Waals surface area contributed by atoms with E-state index in [0.29, 0.717) is 24.8 Å². The minimum Gasteiger partial charge on any atom is -0.388 e. The van der Waals surface area contributed by atoms with Gasteiger partial charge in [-0.3, -0.25) is 4.79 Å². The molecule has 0 radical (unpaired) electrons. The molecule has 0 bridgehead atoms. The molecule has 112 valence electrons. The first kappa shape index (κ1) is 16.6. The van der Waals surface area contributed by atoms with Crippen LogP contribution in [-0.2, 0) is 4.79 Å². The van der Waals surface area contributed by atoms with Gasteiger partial charge in [0.25, 0.3) is 0 Å². The average molecular weight is 282 g/mol. The Balaban J connectivity index is 2.39. The van der Waals surface area contributed by atoms with Gasteiger partial charge in [0.1, 0.15) is 5.82 Å². The van der Waals surface area contributed by atoms with E-state index in [1.807, 2.05) is 13.8 Å². The molecule has 0 heterocycles. The molecule has 1 aromatic carbocycles. The standard InChI is InChI=1S/C15H23FN2O2/c1-10(17)3-8-15(20)18-11(2)9-14(19)12-4-6-13(16)7-5-12/h4-7,10-11,14,19H,3,8-9,17H2,1-2H3,(H,18,20). The second kappa shape index (κ2) is 7.97. The fourth-order valence-electron chi connectivity index (χ4n) is 1.92. The minimum absolute atomic E-state index is 0.000798. The molecule has 1 amide bonds. The molecule has 3 unspecified atom stereocenters. The minimum atomic E-state index is -0.723. The largest absolute Gasteiger partial charge is 0.388 e. The van der Waals surface area contributed by atoms with Crippen LogP contribution in [0.25, 0.3) is 0 Å². The van der Waals surface area contributed by atoms with E-state index in [1.54, 1.807) is 12.1 Å². The SMILES string of the molecule is CC(N)CCC(=O)NC(C)CC(O)c1ccc(F)cc1. The monoisotopic (exact) mass is 282 g/mol. The number of aliphatic hydroxyl groups is 1. The first-order valence-electron chi connectivity index (χ1n) is 6.87. The lowest BCUT2D eigenvalue weighted by Crippen LogP contribution is -2.34. The predicted octanol–water partition coefficient (Wildman–Crippen LogP) is 1.88. The highest BCUT2D eigenvalue weighted by molar-refractivity contribution is 5.76. The molecule has 0 aliphatic carbocycles. The molecule has 5 heteroatoms. The lowest BCUT2D eigenvalue weighted by atomic mass is 10.0. The number of carbonyl (C=O) groups is 1. The molecule has 0 aliphatic heterocycles. The summed E-state index contributed by atoms with van der Waals surface area (Å²) in [6, 6.07) is 5.56. The Kier molecular flexibility index (Phi) is 6.61. The molecule has 0 saturated carbocycles. The van der Waals surface area contributed by atoms with E-state index < -0.39 is 6.10 Å². The number of hydrogen-bond donors (Lipinski definition) is 3. The first-order chi connectivity index (χ1) is 9.38. The van der Waals surface area contributed by atoms with Crippen molar-refractivity contribution in [3.63, 3.8) is 0 Å². The molecule has 0 fully saturated rings. The van der Waals surface area contributed by atoms with E-state index in [2.05, 4.69) is 5.32 Å². The summed E-state index contributed by atoms with van der Waals surface area (Å²) < 4.78 is 12.8. The molecule has 4 nitrogen and oxygen atoms in total. The number of rotatable bonds is 7. The van der Waals surface area contributed by atoms with Crippen molar-refractivity contribution in [3.8, 4) is 0 Å². The maximum Gasteiger partial charge on any atom is 0.220 e. The van der Waals surface area contributed by atoms with E-state index >= 15 is 0 Å². The molecular formula is C15H23FN2O2. The number of benzene rings is 1. The van der Waals surface area contributed by atoms with Gasteiger partial charge in [0.05, 0.1) is 6.10 Å². The van der Waals surface area contributed by atoms with Crippen molar-refractivity contribution in [2.45, 2.75) is 51.3 Å². The van der Waals surface area contributed by atoms with Gasteiger partial charge in [0, 0.05) is 18.5 Å². The maximum atomic E-state index is 12.8. The van der Waals surface area contributed by atoms with Gasteiger partial charge in [-0.2, -0.15) is 0 Å². The van der Waals surface area contributed by atoms with E-state index in [0.717, 1.165) is 0 Å². The number of aliphatic hydroxyl groups excluding tert-OH is 1. The van der Waals surface area contributed by atoms with Crippen LogP contribution < -0.4 is 11.1 Å². The van der Waals surface area contributed by atoms with Crippen LogP contribution in [0.4, 0.5) is 4.39 Å². The maximum absolute atomic E-state index is 12.8. The van der Waals surface area contributed by atoms with Crippen LogP contribution in [0.5, 0.6) is 0 Å². The normalized spacial score (nSPS) is 15.4. The van der Waals surface area contributed by atoms with Crippen molar-refractivity contribution in [3.05, 3.63) is 35.6 Å². The van der Waals surface area contributed by atoms with Crippen molar-refractivity contribution >= 4 is 5.91 Å². The van der Waals surface area contributed by atoms with Crippen LogP contribution in [-0.4, -0.2) is 23.1 Å². The number of halogens is 1. The van der Waals surface area contributed by atoms with Crippen molar-refractivity contribution < 1.29 is 14.3 Å². The van der Waals surface area contributed by atoms with E-state index in [-0.39, 0.29) is 23.8 Å². The third kappa shape index (κ3) is 6.12. The summed E-state index contributed by atoms with van der Waals surface area (Å²) in [7, 11) is 0. The smallest absolute Gasteiger partial charge is 0.220 e. The van der Waals surface area contributed by atoms with E-state index in [4.69, 9.17) is 5.73 Å². The number of carbonyl (C=O) groups excluding carboxylic acids is 1. The van der Waals surface area contributed by atoms with Gasteiger partial charge in [0.2, 0.25) is 5.91 Å². The highest BCUT2D eigenvalue weighted by atomic mass is 19.1.